The van der Waals surface area contributed by atoms with Crippen molar-refractivity contribution >= 4 is 50.7 Å². The number of aryl methyl sites for hydroxylation is 2. The molecule has 40 heavy (non-hydrogen) atoms. The van der Waals surface area contributed by atoms with E-state index in [0.29, 0.717) is 27.7 Å². The molecule has 1 unspecified atom stereocenters. The topological polar surface area (TPSA) is 86.8 Å². The molecule has 1 saturated carbocycles. The van der Waals surface area contributed by atoms with Crippen LogP contribution in [0.25, 0.3) is 0 Å². The molecule has 1 N–H and O–H groups in total. The number of carbonyl (C=O) groups excluding carboxylic acids is 2. The monoisotopic (exact) mass is 609 g/mol. The van der Waals surface area contributed by atoms with E-state index in [4.69, 9.17) is 23.2 Å². The van der Waals surface area contributed by atoms with E-state index in [2.05, 4.69) is 5.32 Å². The summed E-state index contributed by atoms with van der Waals surface area (Å²) in [5, 5.41) is 4.00. The average Bonchev–Trinajstić information content (AvgIpc) is 2.87. The number of amides is 2. The minimum absolute atomic E-state index is 0.0616. The van der Waals surface area contributed by atoms with Gasteiger partial charge in [-0.1, -0.05) is 61.5 Å². The van der Waals surface area contributed by atoms with E-state index >= 15 is 0 Å². The summed E-state index contributed by atoms with van der Waals surface area (Å²) in [4.78, 5) is 28.7. The van der Waals surface area contributed by atoms with Crippen molar-refractivity contribution in [2.75, 3.05) is 17.1 Å². The fourth-order valence-electron chi connectivity index (χ4n) is 5.42. The summed E-state index contributed by atoms with van der Waals surface area (Å²) in [5.41, 5.74) is 3.07. The van der Waals surface area contributed by atoms with Gasteiger partial charge in [0, 0.05) is 41.2 Å². The lowest BCUT2D eigenvalue weighted by Crippen LogP contribution is -2.51. The zero-order valence-corrected chi connectivity index (χ0v) is 26.2. The maximum absolute atomic E-state index is 13.7. The Morgan fingerprint density at radius 1 is 1.02 bits per heavy atom. The second-order valence-electron chi connectivity index (χ2n) is 10.8. The Labute approximate surface area is 249 Å². The van der Waals surface area contributed by atoms with Crippen LogP contribution in [-0.2, 0) is 26.2 Å². The minimum atomic E-state index is -3.57. The molecule has 2 aromatic rings. The molecule has 220 valence electrons. The lowest BCUT2D eigenvalue weighted by atomic mass is 9.95. The zero-order chi connectivity index (χ0) is 29.4. The number of halogens is 2. The molecule has 0 aromatic heterocycles. The molecule has 0 radical (unpaired) electrons. The van der Waals surface area contributed by atoms with Crippen LogP contribution in [0.2, 0.25) is 10.0 Å². The first-order valence-electron chi connectivity index (χ1n) is 14.0. The Kier molecular flexibility index (Phi) is 11.7. The molecule has 1 fully saturated rings. The molecule has 0 spiro atoms. The van der Waals surface area contributed by atoms with Gasteiger partial charge >= 0.3 is 0 Å². The van der Waals surface area contributed by atoms with Crippen LogP contribution in [0.1, 0.15) is 75.0 Å². The van der Waals surface area contributed by atoms with Gasteiger partial charge in [-0.05, 0) is 74.9 Å². The normalized spacial score (nSPS) is 14.9. The highest BCUT2D eigenvalue weighted by atomic mass is 35.5. The van der Waals surface area contributed by atoms with Crippen LogP contribution in [0.3, 0.4) is 0 Å². The summed E-state index contributed by atoms with van der Waals surface area (Å²) in [6, 6.07) is 10.2. The first kappa shape index (κ1) is 32.2. The van der Waals surface area contributed by atoms with Gasteiger partial charge in [-0.3, -0.25) is 13.9 Å². The highest BCUT2D eigenvalue weighted by Gasteiger charge is 2.31. The number of carbonyl (C=O) groups is 2. The highest BCUT2D eigenvalue weighted by molar-refractivity contribution is 7.92. The summed E-state index contributed by atoms with van der Waals surface area (Å²) in [5.74, 6) is -0.436. The number of sulfonamides is 1. The van der Waals surface area contributed by atoms with Crippen LogP contribution >= 0.6 is 23.2 Å². The molecule has 7 nitrogen and oxygen atoms in total. The predicted molar refractivity (Wildman–Crippen MR) is 163 cm³/mol. The Morgan fingerprint density at radius 3 is 2.17 bits per heavy atom. The molecule has 1 atom stereocenters. The fraction of sp³-hybridized carbons (Fsp3) is 0.533. The molecule has 0 saturated heterocycles. The van der Waals surface area contributed by atoms with E-state index in [9.17, 15) is 18.0 Å². The summed E-state index contributed by atoms with van der Waals surface area (Å²) in [6.07, 6.45) is 7.14. The van der Waals surface area contributed by atoms with E-state index in [1.807, 2.05) is 39.0 Å². The zero-order valence-electron chi connectivity index (χ0n) is 23.9. The van der Waals surface area contributed by atoms with Crippen LogP contribution in [0.15, 0.2) is 36.4 Å². The predicted octanol–water partition coefficient (Wildman–Crippen LogP) is 6.41. The number of anilines is 1. The van der Waals surface area contributed by atoms with Crippen LogP contribution in [0, 0.1) is 13.8 Å². The van der Waals surface area contributed by atoms with Gasteiger partial charge in [0.15, 0.2) is 0 Å². The fourth-order valence-corrected chi connectivity index (χ4v) is 6.88. The molecule has 10 heteroatoms. The summed E-state index contributed by atoms with van der Waals surface area (Å²) in [6.45, 7) is 5.94. The second-order valence-corrected chi connectivity index (χ2v) is 13.5. The third-order valence-electron chi connectivity index (χ3n) is 7.37. The van der Waals surface area contributed by atoms with Crippen LogP contribution in [0.5, 0.6) is 0 Å². The van der Waals surface area contributed by atoms with Crippen molar-refractivity contribution in [1.29, 1.82) is 0 Å². The minimum Gasteiger partial charge on any atom is -0.352 e. The maximum atomic E-state index is 13.7. The maximum Gasteiger partial charge on any atom is 0.243 e. The standard InChI is InChI=1S/C30H41Cl2N3O4S/c1-5-28(30(37)33-23-11-7-6-8-12-23)34(20-25-26(31)13-9-14-27(25)32)29(36)15-10-16-35(40(4,38)39)24-18-21(2)17-22(3)19-24/h9,13-14,17-19,23,28H,5-8,10-12,15-16,20H2,1-4H3,(H,33,37). The third kappa shape index (κ3) is 8.85. The number of nitrogens with one attached hydrogen (secondary N) is 1. The second kappa shape index (κ2) is 14.6. The van der Waals surface area contributed by atoms with Crippen LogP contribution < -0.4 is 9.62 Å². The van der Waals surface area contributed by atoms with Crippen LogP contribution in [-0.4, -0.2) is 50.0 Å². The first-order chi connectivity index (χ1) is 18.9. The Bertz CT molecular complexity index is 1260. The van der Waals surface area contributed by atoms with E-state index in [0.717, 1.165) is 36.8 Å². The Hall–Kier alpha value is -2.29. The van der Waals surface area contributed by atoms with Crippen molar-refractivity contribution in [3.8, 4) is 0 Å². The number of hydrogen-bond acceptors (Lipinski definition) is 4. The SMILES string of the molecule is CCC(C(=O)NC1CCCCC1)N(Cc1c(Cl)cccc1Cl)C(=O)CCCN(c1cc(C)cc(C)c1)S(C)(=O)=O. The van der Waals surface area contributed by atoms with E-state index in [-0.39, 0.29) is 43.8 Å². The summed E-state index contributed by atoms with van der Waals surface area (Å²) < 4.78 is 26.7. The number of benzene rings is 2. The molecule has 0 aliphatic heterocycles. The summed E-state index contributed by atoms with van der Waals surface area (Å²) >= 11 is 12.9. The lowest BCUT2D eigenvalue weighted by Gasteiger charge is -2.33. The molecular weight excluding hydrogens is 569 g/mol. The van der Waals surface area contributed by atoms with Gasteiger partial charge in [-0.25, -0.2) is 8.42 Å². The van der Waals surface area contributed by atoms with Gasteiger partial charge in [-0.2, -0.15) is 0 Å². The van der Waals surface area contributed by atoms with Gasteiger partial charge < -0.3 is 10.2 Å². The number of nitrogens with zero attached hydrogens (tertiary/aromatic N) is 2. The average molecular weight is 611 g/mol. The molecular formula is C30H41Cl2N3O4S. The van der Waals surface area contributed by atoms with Gasteiger partial charge in [0.05, 0.1) is 11.9 Å². The van der Waals surface area contributed by atoms with Crippen molar-refractivity contribution in [3.05, 3.63) is 63.1 Å². The Balaban J connectivity index is 1.81. The van der Waals surface area contributed by atoms with Gasteiger partial charge in [-0.15, -0.1) is 0 Å². The van der Waals surface area contributed by atoms with Crippen LogP contribution in [0.4, 0.5) is 5.69 Å². The first-order valence-corrected chi connectivity index (χ1v) is 16.6. The molecule has 1 aliphatic carbocycles. The molecule has 2 amide bonds. The Morgan fingerprint density at radius 2 is 1.62 bits per heavy atom. The van der Waals surface area contributed by atoms with E-state index < -0.39 is 16.1 Å². The van der Waals surface area contributed by atoms with Crippen molar-refractivity contribution in [3.63, 3.8) is 0 Å². The lowest BCUT2D eigenvalue weighted by molar-refractivity contribution is -0.141. The van der Waals surface area contributed by atoms with Crippen molar-refractivity contribution in [2.45, 2.75) is 90.8 Å². The number of rotatable bonds is 12. The van der Waals surface area contributed by atoms with Crippen molar-refractivity contribution < 1.29 is 18.0 Å². The quantitative estimate of drug-likeness (QED) is 0.301. The third-order valence-corrected chi connectivity index (χ3v) is 9.28. The van der Waals surface area contributed by atoms with Crippen molar-refractivity contribution in [2.24, 2.45) is 0 Å². The largest absolute Gasteiger partial charge is 0.352 e. The number of hydrogen-bond donors (Lipinski definition) is 1. The molecule has 1 aliphatic rings. The smallest absolute Gasteiger partial charge is 0.243 e. The highest BCUT2D eigenvalue weighted by Crippen LogP contribution is 2.28. The molecule has 3 rings (SSSR count). The molecule has 0 heterocycles. The van der Waals surface area contributed by atoms with Gasteiger partial charge in [0.2, 0.25) is 21.8 Å². The summed E-state index contributed by atoms with van der Waals surface area (Å²) in [7, 11) is -3.57. The van der Waals surface area contributed by atoms with Gasteiger partial charge in [0.25, 0.3) is 0 Å². The van der Waals surface area contributed by atoms with Crippen molar-refractivity contribution in [1.82, 2.24) is 10.2 Å². The molecule has 0 bridgehead atoms. The van der Waals surface area contributed by atoms with E-state index in [1.165, 1.54) is 17.0 Å². The molecule has 2 aromatic carbocycles. The van der Waals surface area contributed by atoms with Gasteiger partial charge in [0.1, 0.15) is 6.04 Å². The van der Waals surface area contributed by atoms with E-state index in [1.54, 1.807) is 23.1 Å².